The predicted octanol–water partition coefficient (Wildman–Crippen LogP) is 4.61. The molecule has 0 aliphatic heterocycles. The maximum absolute atomic E-state index is 6.15. The van der Waals surface area contributed by atoms with Gasteiger partial charge in [0.15, 0.2) is 0 Å². The number of rotatable bonds is 4. The molecule has 1 aliphatic carbocycles. The molecular weight excluding hydrogens is 180 g/mol. The van der Waals surface area contributed by atoms with E-state index in [2.05, 4.69) is 13.8 Å². The van der Waals surface area contributed by atoms with Crippen LogP contribution in [0.3, 0.4) is 0 Å². The monoisotopic (exact) mass is 202 g/mol. The van der Waals surface area contributed by atoms with Crippen molar-refractivity contribution in [3.63, 3.8) is 0 Å². The minimum absolute atomic E-state index is 0.484. The highest BCUT2D eigenvalue weighted by molar-refractivity contribution is 6.20. The minimum atomic E-state index is 0.484. The molecule has 0 aromatic rings. The topological polar surface area (TPSA) is 0 Å². The first-order valence-corrected chi connectivity index (χ1v) is 6.26. The van der Waals surface area contributed by atoms with Crippen molar-refractivity contribution in [2.24, 2.45) is 11.8 Å². The van der Waals surface area contributed by atoms with Gasteiger partial charge in [-0.1, -0.05) is 46.0 Å². The van der Waals surface area contributed by atoms with Crippen LogP contribution >= 0.6 is 11.6 Å². The van der Waals surface area contributed by atoms with E-state index >= 15 is 0 Å². The van der Waals surface area contributed by atoms with Gasteiger partial charge in [0, 0.05) is 5.38 Å². The van der Waals surface area contributed by atoms with E-state index in [1.165, 1.54) is 44.9 Å². The molecule has 0 saturated heterocycles. The Morgan fingerprint density at radius 2 is 2.08 bits per heavy atom. The summed E-state index contributed by atoms with van der Waals surface area (Å²) in [7, 11) is 0. The van der Waals surface area contributed by atoms with Crippen LogP contribution in [0.25, 0.3) is 0 Å². The molecule has 1 heteroatoms. The first kappa shape index (κ1) is 11.4. The third kappa shape index (κ3) is 4.90. The second kappa shape index (κ2) is 5.90. The summed E-state index contributed by atoms with van der Waals surface area (Å²) in [5.41, 5.74) is 0. The number of hydrogen-bond donors (Lipinski definition) is 0. The van der Waals surface area contributed by atoms with Crippen molar-refractivity contribution < 1.29 is 0 Å². The fraction of sp³-hybridized carbons (Fsp3) is 1.00. The van der Waals surface area contributed by atoms with Gasteiger partial charge in [-0.15, -0.1) is 11.6 Å². The molecule has 0 aromatic heterocycles. The Hall–Kier alpha value is 0.290. The largest absolute Gasteiger partial charge is 0.123 e. The summed E-state index contributed by atoms with van der Waals surface area (Å²) < 4.78 is 0. The SMILES string of the molecule is CC(C)CCCC1CCCC(Cl)C1. The van der Waals surface area contributed by atoms with Crippen molar-refractivity contribution in [3.05, 3.63) is 0 Å². The molecule has 1 rings (SSSR count). The van der Waals surface area contributed by atoms with E-state index in [-0.39, 0.29) is 0 Å². The van der Waals surface area contributed by atoms with Crippen molar-refractivity contribution in [2.45, 2.75) is 64.2 Å². The van der Waals surface area contributed by atoms with Crippen LogP contribution < -0.4 is 0 Å². The highest BCUT2D eigenvalue weighted by Crippen LogP contribution is 2.31. The van der Waals surface area contributed by atoms with Gasteiger partial charge in [0.25, 0.3) is 0 Å². The highest BCUT2D eigenvalue weighted by Gasteiger charge is 2.19. The second-order valence-corrected chi connectivity index (χ2v) is 5.57. The Morgan fingerprint density at radius 1 is 1.31 bits per heavy atom. The summed E-state index contributed by atoms with van der Waals surface area (Å²) in [5, 5.41) is 0.484. The molecule has 2 unspecified atom stereocenters. The molecule has 0 amide bonds. The molecule has 0 bridgehead atoms. The summed E-state index contributed by atoms with van der Waals surface area (Å²) in [4.78, 5) is 0. The lowest BCUT2D eigenvalue weighted by molar-refractivity contribution is 0.327. The smallest absolute Gasteiger partial charge is 0.0338 e. The molecule has 0 spiro atoms. The summed E-state index contributed by atoms with van der Waals surface area (Å²) >= 11 is 6.15. The highest BCUT2D eigenvalue weighted by atomic mass is 35.5. The van der Waals surface area contributed by atoms with Gasteiger partial charge in [-0.3, -0.25) is 0 Å². The van der Waals surface area contributed by atoms with E-state index in [0.29, 0.717) is 5.38 Å². The average molecular weight is 203 g/mol. The second-order valence-electron chi connectivity index (χ2n) is 4.95. The average Bonchev–Trinajstić information content (AvgIpc) is 2.03. The van der Waals surface area contributed by atoms with Crippen LogP contribution in [0, 0.1) is 11.8 Å². The van der Waals surface area contributed by atoms with Crippen molar-refractivity contribution in [1.29, 1.82) is 0 Å². The third-order valence-electron chi connectivity index (χ3n) is 3.11. The van der Waals surface area contributed by atoms with Crippen molar-refractivity contribution in [3.8, 4) is 0 Å². The minimum Gasteiger partial charge on any atom is -0.123 e. The Bertz CT molecular complexity index is 131. The van der Waals surface area contributed by atoms with Crippen molar-refractivity contribution in [2.75, 3.05) is 0 Å². The Kier molecular flexibility index (Phi) is 5.16. The maximum Gasteiger partial charge on any atom is 0.0338 e. The molecule has 2 atom stereocenters. The Balaban J connectivity index is 2.06. The van der Waals surface area contributed by atoms with Gasteiger partial charge in [0.05, 0.1) is 0 Å². The zero-order chi connectivity index (χ0) is 9.68. The molecule has 1 aliphatic rings. The third-order valence-corrected chi connectivity index (χ3v) is 3.51. The number of halogens is 1. The molecule has 78 valence electrons. The Morgan fingerprint density at radius 3 is 2.69 bits per heavy atom. The van der Waals surface area contributed by atoms with E-state index in [1.807, 2.05) is 0 Å². The molecule has 0 nitrogen and oxygen atoms in total. The lowest BCUT2D eigenvalue weighted by Gasteiger charge is -2.25. The quantitative estimate of drug-likeness (QED) is 0.584. The summed E-state index contributed by atoms with van der Waals surface area (Å²) in [6, 6.07) is 0. The van der Waals surface area contributed by atoms with Gasteiger partial charge in [0.1, 0.15) is 0 Å². The van der Waals surface area contributed by atoms with Gasteiger partial charge in [-0.05, 0) is 24.7 Å². The first-order chi connectivity index (χ1) is 6.18. The number of hydrogen-bond acceptors (Lipinski definition) is 0. The van der Waals surface area contributed by atoms with Crippen LogP contribution in [0.5, 0.6) is 0 Å². The molecule has 0 radical (unpaired) electrons. The first-order valence-electron chi connectivity index (χ1n) is 5.82. The van der Waals surface area contributed by atoms with E-state index < -0.39 is 0 Å². The van der Waals surface area contributed by atoms with Crippen LogP contribution in [0.4, 0.5) is 0 Å². The summed E-state index contributed by atoms with van der Waals surface area (Å²) in [6.07, 6.45) is 9.54. The van der Waals surface area contributed by atoms with Crippen LogP contribution in [0.15, 0.2) is 0 Å². The van der Waals surface area contributed by atoms with Crippen LogP contribution in [0.1, 0.15) is 58.8 Å². The molecule has 0 aromatic carbocycles. The maximum atomic E-state index is 6.15. The van der Waals surface area contributed by atoms with Crippen LogP contribution in [-0.4, -0.2) is 5.38 Å². The molecule has 13 heavy (non-hydrogen) atoms. The molecule has 1 saturated carbocycles. The lowest BCUT2D eigenvalue weighted by atomic mass is 9.85. The van der Waals surface area contributed by atoms with Gasteiger partial charge in [-0.25, -0.2) is 0 Å². The van der Waals surface area contributed by atoms with Gasteiger partial charge in [0.2, 0.25) is 0 Å². The van der Waals surface area contributed by atoms with E-state index in [4.69, 9.17) is 11.6 Å². The predicted molar refractivity (Wildman–Crippen MR) is 60.3 cm³/mol. The van der Waals surface area contributed by atoms with Gasteiger partial charge < -0.3 is 0 Å². The van der Waals surface area contributed by atoms with E-state index in [1.54, 1.807) is 0 Å². The molecular formula is C12H23Cl. The zero-order valence-corrected chi connectivity index (χ0v) is 9.82. The summed E-state index contributed by atoms with van der Waals surface area (Å²) in [6.45, 7) is 4.62. The normalized spacial score (nSPS) is 29.5. The molecule has 0 heterocycles. The lowest BCUT2D eigenvalue weighted by Crippen LogP contribution is -2.15. The standard InChI is InChI=1S/C12H23Cl/c1-10(2)5-3-6-11-7-4-8-12(13)9-11/h10-12H,3-9H2,1-2H3. The fourth-order valence-corrected chi connectivity index (χ4v) is 2.71. The van der Waals surface area contributed by atoms with E-state index in [9.17, 15) is 0 Å². The van der Waals surface area contributed by atoms with Crippen LogP contribution in [0.2, 0.25) is 0 Å². The molecule has 1 fully saturated rings. The van der Waals surface area contributed by atoms with E-state index in [0.717, 1.165) is 11.8 Å². The fourth-order valence-electron chi connectivity index (χ4n) is 2.30. The van der Waals surface area contributed by atoms with Crippen LogP contribution in [-0.2, 0) is 0 Å². The Labute approximate surface area is 88.1 Å². The molecule has 0 N–H and O–H groups in total. The van der Waals surface area contributed by atoms with Crippen molar-refractivity contribution in [1.82, 2.24) is 0 Å². The zero-order valence-electron chi connectivity index (χ0n) is 9.06. The number of alkyl halides is 1. The van der Waals surface area contributed by atoms with Gasteiger partial charge in [-0.2, -0.15) is 0 Å². The van der Waals surface area contributed by atoms with Crippen molar-refractivity contribution >= 4 is 11.6 Å². The van der Waals surface area contributed by atoms with Gasteiger partial charge >= 0.3 is 0 Å². The summed E-state index contributed by atoms with van der Waals surface area (Å²) in [5.74, 6) is 1.81.